The molecule has 4 heterocycles. The fourth-order valence-electron chi connectivity index (χ4n) is 3.55. The van der Waals surface area contributed by atoms with Gasteiger partial charge in [0, 0.05) is 44.6 Å². The molecule has 3 aromatic heterocycles. The predicted octanol–water partition coefficient (Wildman–Crippen LogP) is 2.49. The third-order valence-corrected chi connectivity index (χ3v) is 4.98. The molecular weight excluding hydrogens is 300 g/mol. The maximum absolute atomic E-state index is 4.59. The second-order valence-corrected chi connectivity index (χ2v) is 6.55. The normalized spacial score (nSPS) is 18.3. The van der Waals surface area contributed by atoms with E-state index in [-0.39, 0.29) is 0 Å². The molecule has 24 heavy (non-hydrogen) atoms. The second-order valence-electron chi connectivity index (χ2n) is 6.55. The van der Waals surface area contributed by atoms with Crippen LogP contribution >= 0.6 is 0 Å². The first-order valence-electron chi connectivity index (χ1n) is 8.62. The molecule has 2 aliphatic rings. The smallest absolute Gasteiger partial charge is 0.145 e. The molecule has 0 bridgehead atoms. The number of piperazine rings is 1. The minimum atomic E-state index is 0.645. The summed E-state index contributed by atoms with van der Waals surface area (Å²) in [6.45, 7) is 3.84. The first-order chi connectivity index (χ1) is 11.9. The zero-order valence-electron chi connectivity index (χ0n) is 13.5. The van der Waals surface area contributed by atoms with E-state index in [0.717, 1.165) is 43.5 Å². The summed E-state index contributed by atoms with van der Waals surface area (Å²) in [6.07, 6.45) is 8.28. The zero-order chi connectivity index (χ0) is 15.9. The molecule has 2 fully saturated rings. The highest BCUT2D eigenvalue weighted by Crippen LogP contribution is 2.38. The van der Waals surface area contributed by atoms with Crippen LogP contribution < -0.4 is 9.80 Å². The molecule has 1 saturated carbocycles. The number of pyridine rings is 1. The van der Waals surface area contributed by atoms with Crippen molar-refractivity contribution in [2.24, 2.45) is 0 Å². The lowest BCUT2D eigenvalue weighted by molar-refractivity contribution is 0.643. The first kappa shape index (κ1) is 13.8. The van der Waals surface area contributed by atoms with Crippen LogP contribution in [0.1, 0.15) is 18.9 Å². The maximum atomic E-state index is 4.59. The van der Waals surface area contributed by atoms with Crippen molar-refractivity contribution in [1.29, 1.82) is 0 Å². The van der Waals surface area contributed by atoms with Crippen LogP contribution in [-0.4, -0.2) is 45.7 Å². The van der Waals surface area contributed by atoms with Gasteiger partial charge in [0.15, 0.2) is 0 Å². The molecule has 1 saturated heterocycles. The molecule has 6 nitrogen and oxygen atoms in total. The van der Waals surface area contributed by atoms with Crippen LogP contribution in [0.25, 0.3) is 11.0 Å². The highest BCUT2D eigenvalue weighted by Gasteiger charge is 2.27. The van der Waals surface area contributed by atoms with Gasteiger partial charge in [0.1, 0.15) is 23.6 Å². The molecule has 1 aliphatic heterocycles. The van der Waals surface area contributed by atoms with Gasteiger partial charge < -0.3 is 14.4 Å². The van der Waals surface area contributed by atoms with Crippen LogP contribution in [-0.2, 0) is 0 Å². The predicted molar refractivity (Wildman–Crippen MR) is 94.5 cm³/mol. The van der Waals surface area contributed by atoms with E-state index in [1.165, 1.54) is 18.2 Å². The number of hydrogen-bond donors (Lipinski definition) is 0. The number of hydrogen-bond acceptors (Lipinski definition) is 5. The third kappa shape index (κ3) is 2.29. The highest BCUT2D eigenvalue weighted by atomic mass is 15.3. The first-order valence-corrected chi connectivity index (χ1v) is 8.62. The summed E-state index contributed by atoms with van der Waals surface area (Å²) in [6, 6.07) is 8.90. The van der Waals surface area contributed by atoms with Gasteiger partial charge >= 0.3 is 0 Å². The molecule has 0 amide bonds. The number of rotatable bonds is 3. The largest absolute Gasteiger partial charge is 0.353 e. The van der Waals surface area contributed by atoms with Gasteiger partial charge in [-0.2, -0.15) is 0 Å². The standard InChI is InChI=1S/C18H20N6/c1-2-7-19-16(3-1)22-9-11-23(12-10-22)17-15-6-8-24(14-4-5-14)18(15)21-13-20-17/h1-3,6-8,13-14H,4-5,9-12H2. The topological polar surface area (TPSA) is 50.1 Å². The van der Waals surface area contributed by atoms with E-state index in [4.69, 9.17) is 0 Å². The number of anilines is 2. The van der Waals surface area contributed by atoms with Gasteiger partial charge in [-0.15, -0.1) is 0 Å². The van der Waals surface area contributed by atoms with Gasteiger partial charge in [0.05, 0.1) is 5.39 Å². The van der Waals surface area contributed by atoms with E-state index >= 15 is 0 Å². The molecule has 0 aromatic carbocycles. The van der Waals surface area contributed by atoms with Crippen LogP contribution in [0, 0.1) is 0 Å². The van der Waals surface area contributed by atoms with Crippen LogP contribution in [0.3, 0.4) is 0 Å². The van der Waals surface area contributed by atoms with Crippen molar-refractivity contribution >= 4 is 22.7 Å². The minimum absolute atomic E-state index is 0.645. The summed E-state index contributed by atoms with van der Waals surface area (Å²) < 4.78 is 2.31. The van der Waals surface area contributed by atoms with Crippen molar-refractivity contribution in [2.75, 3.05) is 36.0 Å². The van der Waals surface area contributed by atoms with E-state index in [1.54, 1.807) is 6.33 Å². The summed E-state index contributed by atoms with van der Waals surface area (Å²) >= 11 is 0. The summed E-state index contributed by atoms with van der Waals surface area (Å²) in [7, 11) is 0. The SMILES string of the molecule is c1ccc(N2CCN(c3ncnc4c3ccn4C3CC3)CC2)nc1. The van der Waals surface area contributed by atoms with E-state index < -0.39 is 0 Å². The van der Waals surface area contributed by atoms with Crippen LogP contribution in [0.5, 0.6) is 0 Å². The summed E-state index contributed by atoms with van der Waals surface area (Å²) in [5.41, 5.74) is 1.08. The van der Waals surface area contributed by atoms with Crippen LogP contribution in [0.4, 0.5) is 11.6 Å². The molecule has 3 aromatic rings. The monoisotopic (exact) mass is 320 g/mol. The van der Waals surface area contributed by atoms with E-state index in [2.05, 4.69) is 47.6 Å². The van der Waals surface area contributed by atoms with Crippen molar-refractivity contribution in [3.63, 3.8) is 0 Å². The molecule has 5 rings (SSSR count). The van der Waals surface area contributed by atoms with E-state index in [0.29, 0.717) is 6.04 Å². The zero-order valence-corrected chi connectivity index (χ0v) is 13.5. The number of aromatic nitrogens is 4. The minimum Gasteiger partial charge on any atom is -0.353 e. The Hall–Kier alpha value is -2.63. The average molecular weight is 320 g/mol. The molecule has 0 unspecified atom stereocenters. The summed E-state index contributed by atoms with van der Waals surface area (Å²) in [4.78, 5) is 18.3. The van der Waals surface area contributed by atoms with Gasteiger partial charge in [-0.25, -0.2) is 15.0 Å². The third-order valence-electron chi connectivity index (χ3n) is 4.98. The number of nitrogens with zero attached hydrogens (tertiary/aromatic N) is 6. The lowest BCUT2D eigenvalue weighted by Gasteiger charge is -2.36. The molecule has 0 radical (unpaired) electrons. The average Bonchev–Trinajstić information content (AvgIpc) is 3.41. The fourth-order valence-corrected chi connectivity index (χ4v) is 3.55. The Morgan fingerprint density at radius 2 is 1.71 bits per heavy atom. The maximum Gasteiger partial charge on any atom is 0.145 e. The quantitative estimate of drug-likeness (QED) is 0.742. The highest BCUT2D eigenvalue weighted by molar-refractivity contribution is 5.88. The Bertz CT molecular complexity index is 846. The summed E-state index contributed by atoms with van der Waals surface area (Å²) in [5.74, 6) is 2.13. The van der Waals surface area contributed by atoms with Crippen LogP contribution in [0.2, 0.25) is 0 Å². The molecule has 0 spiro atoms. The lowest BCUT2D eigenvalue weighted by Crippen LogP contribution is -2.47. The van der Waals surface area contributed by atoms with Gasteiger partial charge in [-0.1, -0.05) is 6.07 Å². The Balaban J connectivity index is 1.39. The van der Waals surface area contributed by atoms with Gasteiger partial charge in [0.2, 0.25) is 0 Å². The van der Waals surface area contributed by atoms with E-state index in [9.17, 15) is 0 Å². The van der Waals surface area contributed by atoms with Crippen molar-refractivity contribution < 1.29 is 0 Å². The molecule has 1 aliphatic carbocycles. The Morgan fingerprint density at radius 3 is 2.46 bits per heavy atom. The number of fused-ring (bicyclic) bond motifs is 1. The van der Waals surface area contributed by atoms with Crippen molar-refractivity contribution in [3.8, 4) is 0 Å². The fraction of sp³-hybridized carbons (Fsp3) is 0.389. The van der Waals surface area contributed by atoms with Crippen molar-refractivity contribution in [1.82, 2.24) is 19.5 Å². The van der Waals surface area contributed by atoms with E-state index in [1.807, 2.05) is 18.3 Å². The Kier molecular flexibility index (Phi) is 3.14. The Morgan fingerprint density at radius 1 is 0.875 bits per heavy atom. The summed E-state index contributed by atoms with van der Waals surface area (Å²) in [5, 5.41) is 1.18. The van der Waals surface area contributed by atoms with Gasteiger partial charge in [0.25, 0.3) is 0 Å². The molecular formula is C18H20N6. The van der Waals surface area contributed by atoms with Gasteiger partial charge in [-0.05, 0) is 31.0 Å². The second kappa shape index (κ2) is 5.47. The molecule has 6 heteroatoms. The van der Waals surface area contributed by atoms with Crippen molar-refractivity contribution in [3.05, 3.63) is 43.0 Å². The lowest BCUT2D eigenvalue weighted by atomic mass is 10.2. The van der Waals surface area contributed by atoms with Crippen LogP contribution in [0.15, 0.2) is 43.0 Å². The Labute approximate surface area is 140 Å². The molecule has 122 valence electrons. The van der Waals surface area contributed by atoms with Crippen molar-refractivity contribution in [2.45, 2.75) is 18.9 Å². The molecule has 0 atom stereocenters. The molecule has 0 N–H and O–H groups in total. The van der Waals surface area contributed by atoms with Gasteiger partial charge in [-0.3, -0.25) is 0 Å².